The molecule has 4 rings (SSSR count). The average Bonchev–Trinajstić information content (AvgIpc) is 2.80. The molecule has 1 aliphatic rings. The SMILES string of the molecule is COc1ccc(NC(=O)C2CCN(c3ccc(-c4ccc(C)cc4)nn3)CC2)cc1Cl. The Morgan fingerprint density at radius 3 is 2.42 bits per heavy atom. The van der Waals surface area contributed by atoms with Crippen molar-refractivity contribution in [2.24, 2.45) is 5.92 Å². The summed E-state index contributed by atoms with van der Waals surface area (Å²) in [6, 6.07) is 17.5. The third kappa shape index (κ3) is 4.97. The molecule has 1 aliphatic heterocycles. The van der Waals surface area contributed by atoms with Crippen LogP contribution in [0.3, 0.4) is 0 Å². The van der Waals surface area contributed by atoms with Gasteiger partial charge >= 0.3 is 0 Å². The van der Waals surface area contributed by atoms with Gasteiger partial charge < -0.3 is 15.0 Å². The van der Waals surface area contributed by atoms with E-state index >= 15 is 0 Å². The van der Waals surface area contributed by atoms with E-state index in [0.717, 1.165) is 43.0 Å². The number of methoxy groups -OCH3 is 1. The molecular formula is C24H25ClN4O2. The number of hydrogen-bond donors (Lipinski definition) is 1. The Balaban J connectivity index is 1.33. The molecule has 2 heterocycles. The van der Waals surface area contributed by atoms with E-state index in [1.165, 1.54) is 5.56 Å². The summed E-state index contributed by atoms with van der Waals surface area (Å²) in [6.45, 7) is 3.59. The monoisotopic (exact) mass is 436 g/mol. The number of nitrogens with zero attached hydrogens (tertiary/aromatic N) is 3. The van der Waals surface area contributed by atoms with Crippen molar-refractivity contribution in [3.63, 3.8) is 0 Å². The van der Waals surface area contributed by atoms with E-state index in [9.17, 15) is 4.79 Å². The molecule has 1 N–H and O–H groups in total. The van der Waals surface area contributed by atoms with Gasteiger partial charge in [-0.2, -0.15) is 0 Å². The van der Waals surface area contributed by atoms with E-state index < -0.39 is 0 Å². The van der Waals surface area contributed by atoms with E-state index in [0.29, 0.717) is 16.5 Å². The van der Waals surface area contributed by atoms with Crippen LogP contribution in [0, 0.1) is 12.8 Å². The van der Waals surface area contributed by atoms with E-state index in [-0.39, 0.29) is 11.8 Å². The highest BCUT2D eigenvalue weighted by atomic mass is 35.5. The Kier molecular flexibility index (Phi) is 6.37. The van der Waals surface area contributed by atoms with Crippen LogP contribution in [0.1, 0.15) is 18.4 Å². The van der Waals surface area contributed by atoms with Crippen molar-refractivity contribution in [2.45, 2.75) is 19.8 Å². The van der Waals surface area contributed by atoms with Gasteiger partial charge in [-0.15, -0.1) is 10.2 Å². The molecule has 6 nitrogen and oxygen atoms in total. The Morgan fingerprint density at radius 2 is 1.81 bits per heavy atom. The van der Waals surface area contributed by atoms with Gasteiger partial charge in [0.2, 0.25) is 5.91 Å². The van der Waals surface area contributed by atoms with Gasteiger partial charge in [-0.25, -0.2) is 0 Å². The van der Waals surface area contributed by atoms with Crippen molar-refractivity contribution in [2.75, 3.05) is 30.4 Å². The maximum absolute atomic E-state index is 12.7. The Morgan fingerprint density at radius 1 is 1.06 bits per heavy atom. The van der Waals surface area contributed by atoms with Gasteiger partial charge in [-0.05, 0) is 50.1 Å². The molecule has 2 aromatic carbocycles. The highest BCUT2D eigenvalue weighted by molar-refractivity contribution is 6.32. The van der Waals surface area contributed by atoms with Gasteiger partial charge in [0.15, 0.2) is 5.82 Å². The van der Waals surface area contributed by atoms with E-state index in [4.69, 9.17) is 16.3 Å². The van der Waals surface area contributed by atoms with E-state index in [2.05, 4.69) is 51.6 Å². The number of rotatable bonds is 5. The number of aromatic nitrogens is 2. The second-order valence-electron chi connectivity index (χ2n) is 7.74. The van der Waals surface area contributed by atoms with Crippen molar-refractivity contribution < 1.29 is 9.53 Å². The quantitative estimate of drug-likeness (QED) is 0.611. The standard InChI is InChI=1S/C24H25ClN4O2/c1-16-3-5-17(6-4-16)21-8-10-23(28-27-21)29-13-11-18(12-14-29)24(30)26-19-7-9-22(31-2)20(25)15-19/h3-10,15,18H,11-14H2,1-2H3,(H,26,30). The molecule has 0 radical (unpaired) electrons. The molecule has 3 aromatic rings. The minimum absolute atomic E-state index is 0.0155. The molecule has 0 aliphatic carbocycles. The van der Waals surface area contributed by atoms with Crippen LogP contribution >= 0.6 is 11.6 Å². The molecule has 1 amide bonds. The molecule has 1 fully saturated rings. The average molecular weight is 437 g/mol. The van der Waals surface area contributed by atoms with Crippen LogP contribution in [0.5, 0.6) is 5.75 Å². The fourth-order valence-corrected chi connectivity index (χ4v) is 3.99. The van der Waals surface area contributed by atoms with Crippen molar-refractivity contribution in [3.05, 3.63) is 65.2 Å². The van der Waals surface area contributed by atoms with Crippen LogP contribution in [-0.4, -0.2) is 36.3 Å². The van der Waals surface area contributed by atoms with Crippen LogP contribution < -0.4 is 15.0 Å². The number of carbonyl (C=O) groups excluding carboxylic acids is 1. The number of carbonyl (C=O) groups is 1. The predicted octanol–water partition coefficient (Wildman–Crippen LogP) is 4.97. The summed E-state index contributed by atoms with van der Waals surface area (Å²) in [6.07, 6.45) is 1.52. The summed E-state index contributed by atoms with van der Waals surface area (Å²) < 4.78 is 5.15. The minimum atomic E-state index is -0.0445. The number of amides is 1. The van der Waals surface area contributed by atoms with Gasteiger partial charge in [-0.1, -0.05) is 41.4 Å². The number of halogens is 1. The third-order valence-corrected chi connectivity index (χ3v) is 5.90. The van der Waals surface area contributed by atoms with E-state index in [1.54, 1.807) is 25.3 Å². The predicted molar refractivity (Wildman–Crippen MR) is 124 cm³/mol. The third-order valence-electron chi connectivity index (χ3n) is 5.61. The largest absolute Gasteiger partial charge is 0.495 e. The molecule has 0 saturated carbocycles. The van der Waals surface area contributed by atoms with Gasteiger partial charge in [-0.3, -0.25) is 4.79 Å². The Hall–Kier alpha value is -3.12. The summed E-state index contributed by atoms with van der Waals surface area (Å²) in [5, 5.41) is 12.2. The summed E-state index contributed by atoms with van der Waals surface area (Å²) in [5.74, 6) is 1.40. The lowest BCUT2D eigenvalue weighted by atomic mass is 9.95. The first-order chi connectivity index (χ1) is 15.0. The number of piperidine rings is 1. The number of nitrogens with one attached hydrogen (secondary N) is 1. The highest BCUT2D eigenvalue weighted by Gasteiger charge is 2.26. The topological polar surface area (TPSA) is 67.3 Å². The molecule has 7 heteroatoms. The summed E-state index contributed by atoms with van der Waals surface area (Å²) in [4.78, 5) is 14.9. The highest BCUT2D eigenvalue weighted by Crippen LogP contribution is 2.29. The fraction of sp³-hybridized carbons (Fsp3) is 0.292. The van der Waals surface area contributed by atoms with Gasteiger partial charge in [0.05, 0.1) is 17.8 Å². The fourth-order valence-electron chi connectivity index (χ4n) is 3.73. The molecule has 31 heavy (non-hydrogen) atoms. The van der Waals surface area contributed by atoms with E-state index in [1.807, 2.05) is 12.1 Å². The van der Waals surface area contributed by atoms with Crippen molar-refractivity contribution in [3.8, 4) is 17.0 Å². The lowest BCUT2D eigenvalue weighted by Crippen LogP contribution is -2.38. The van der Waals surface area contributed by atoms with Crippen LogP contribution in [0.25, 0.3) is 11.3 Å². The molecule has 1 saturated heterocycles. The lowest BCUT2D eigenvalue weighted by molar-refractivity contribution is -0.120. The zero-order chi connectivity index (χ0) is 21.8. The number of hydrogen-bond acceptors (Lipinski definition) is 5. The second kappa shape index (κ2) is 9.35. The first-order valence-corrected chi connectivity index (χ1v) is 10.7. The molecule has 0 bridgehead atoms. The lowest BCUT2D eigenvalue weighted by Gasteiger charge is -2.31. The van der Waals surface area contributed by atoms with Crippen molar-refractivity contribution >= 4 is 29.0 Å². The molecule has 0 unspecified atom stereocenters. The minimum Gasteiger partial charge on any atom is -0.495 e. The zero-order valence-corrected chi connectivity index (χ0v) is 18.4. The van der Waals surface area contributed by atoms with Crippen LogP contribution in [0.15, 0.2) is 54.6 Å². The maximum Gasteiger partial charge on any atom is 0.227 e. The van der Waals surface area contributed by atoms with Gasteiger partial charge in [0.1, 0.15) is 5.75 Å². The molecule has 1 aromatic heterocycles. The van der Waals surface area contributed by atoms with Crippen LogP contribution in [0.4, 0.5) is 11.5 Å². The number of benzene rings is 2. The molecule has 0 spiro atoms. The number of anilines is 2. The maximum atomic E-state index is 12.7. The normalized spacial score (nSPS) is 14.4. The summed E-state index contributed by atoms with van der Waals surface area (Å²) >= 11 is 6.15. The van der Waals surface area contributed by atoms with Crippen molar-refractivity contribution in [1.82, 2.24) is 10.2 Å². The zero-order valence-electron chi connectivity index (χ0n) is 17.6. The molecule has 160 valence electrons. The van der Waals surface area contributed by atoms with Crippen LogP contribution in [-0.2, 0) is 4.79 Å². The number of aryl methyl sites for hydroxylation is 1. The summed E-state index contributed by atoms with van der Waals surface area (Å²) in [7, 11) is 1.56. The Labute approximate surface area is 187 Å². The molecule has 0 atom stereocenters. The first-order valence-electron chi connectivity index (χ1n) is 10.3. The number of ether oxygens (including phenoxy) is 1. The summed E-state index contributed by atoms with van der Waals surface area (Å²) in [5.41, 5.74) is 3.81. The Bertz CT molecular complexity index is 1050. The smallest absolute Gasteiger partial charge is 0.227 e. The van der Waals surface area contributed by atoms with Gasteiger partial charge in [0.25, 0.3) is 0 Å². The first kappa shape index (κ1) is 21.1. The van der Waals surface area contributed by atoms with Crippen LogP contribution in [0.2, 0.25) is 5.02 Å². The molecular weight excluding hydrogens is 412 g/mol. The second-order valence-corrected chi connectivity index (χ2v) is 8.15. The van der Waals surface area contributed by atoms with Crippen molar-refractivity contribution in [1.29, 1.82) is 0 Å². The van der Waals surface area contributed by atoms with Gasteiger partial charge in [0, 0.05) is 30.3 Å².